The Kier molecular flexibility index (Phi) is 4.06. The second-order valence-electron chi connectivity index (χ2n) is 4.53. The molecule has 2 unspecified atom stereocenters. The van der Waals surface area contributed by atoms with Crippen LogP contribution in [-0.4, -0.2) is 15.8 Å². The Hall–Kier alpha value is -1.53. The van der Waals surface area contributed by atoms with E-state index in [1.807, 2.05) is 0 Å². The Bertz CT molecular complexity index is 575. The van der Waals surface area contributed by atoms with Crippen LogP contribution in [0.25, 0.3) is 0 Å². The van der Waals surface area contributed by atoms with Crippen LogP contribution in [-0.2, 0) is 6.18 Å². The van der Waals surface area contributed by atoms with Crippen LogP contribution in [0.4, 0.5) is 13.2 Å². The predicted molar refractivity (Wildman–Crippen MR) is 70.5 cm³/mol. The molecular weight excluding hydrogens is 291 g/mol. The lowest BCUT2D eigenvalue weighted by molar-refractivity contribution is -0.141. The summed E-state index contributed by atoms with van der Waals surface area (Å²) >= 11 is 5.80. The second-order valence-corrected chi connectivity index (χ2v) is 4.97. The summed E-state index contributed by atoms with van der Waals surface area (Å²) in [5.74, 6) is 0. The third kappa shape index (κ3) is 3.13. The molecule has 0 amide bonds. The third-order valence-electron chi connectivity index (χ3n) is 2.89. The van der Waals surface area contributed by atoms with Crippen LogP contribution in [0, 0.1) is 0 Å². The van der Waals surface area contributed by atoms with Crippen molar-refractivity contribution in [3.05, 3.63) is 52.8 Å². The minimum absolute atomic E-state index is 0.405. The highest BCUT2D eigenvalue weighted by atomic mass is 35.5. The van der Waals surface area contributed by atoms with E-state index in [4.69, 9.17) is 17.3 Å². The molecule has 0 aliphatic carbocycles. The fourth-order valence-corrected chi connectivity index (χ4v) is 2.13. The number of hydrogen-bond donors (Lipinski definition) is 1. The van der Waals surface area contributed by atoms with Crippen LogP contribution in [0.2, 0.25) is 5.02 Å². The number of benzene rings is 1. The highest BCUT2D eigenvalue weighted by Crippen LogP contribution is 2.29. The Morgan fingerprint density at radius 1 is 1.20 bits per heavy atom. The van der Waals surface area contributed by atoms with E-state index in [2.05, 4.69) is 5.10 Å². The standard InChI is InChI=1S/C13H13ClF3N3/c1-8(18)12(9-2-4-10(14)5-3-9)20-7-6-11(19-20)13(15,16)17/h2-8,12H,18H2,1H3. The lowest BCUT2D eigenvalue weighted by Crippen LogP contribution is -2.30. The molecule has 108 valence electrons. The maximum absolute atomic E-state index is 12.6. The molecule has 2 rings (SSSR count). The number of nitrogens with zero attached hydrogens (tertiary/aromatic N) is 2. The normalized spacial score (nSPS) is 15.1. The lowest BCUT2D eigenvalue weighted by Gasteiger charge is -2.22. The van der Waals surface area contributed by atoms with E-state index in [1.54, 1.807) is 31.2 Å². The molecule has 20 heavy (non-hydrogen) atoms. The monoisotopic (exact) mass is 303 g/mol. The van der Waals surface area contributed by atoms with Gasteiger partial charge in [-0.1, -0.05) is 23.7 Å². The molecule has 1 heterocycles. The van der Waals surface area contributed by atoms with E-state index >= 15 is 0 Å². The van der Waals surface area contributed by atoms with Crippen molar-refractivity contribution in [1.29, 1.82) is 0 Å². The first kappa shape index (κ1) is 14.9. The van der Waals surface area contributed by atoms with Crippen LogP contribution in [0.5, 0.6) is 0 Å². The highest BCUT2D eigenvalue weighted by Gasteiger charge is 2.34. The summed E-state index contributed by atoms with van der Waals surface area (Å²) in [6.07, 6.45) is -3.18. The van der Waals surface area contributed by atoms with Gasteiger partial charge in [-0.15, -0.1) is 0 Å². The van der Waals surface area contributed by atoms with Gasteiger partial charge >= 0.3 is 6.18 Å². The summed E-state index contributed by atoms with van der Waals surface area (Å²) in [6, 6.07) is 6.84. The zero-order chi connectivity index (χ0) is 14.9. The zero-order valence-corrected chi connectivity index (χ0v) is 11.4. The first-order chi connectivity index (χ1) is 9.29. The van der Waals surface area contributed by atoms with Gasteiger partial charge in [0.1, 0.15) is 0 Å². The van der Waals surface area contributed by atoms with Gasteiger partial charge < -0.3 is 5.73 Å². The number of nitrogens with two attached hydrogens (primary N) is 1. The van der Waals surface area contributed by atoms with Crippen LogP contribution in [0.3, 0.4) is 0 Å². The molecule has 0 saturated carbocycles. The van der Waals surface area contributed by atoms with Gasteiger partial charge in [0.05, 0.1) is 6.04 Å². The first-order valence-corrected chi connectivity index (χ1v) is 6.30. The summed E-state index contributed by atoms with van der Waals surface area (Å²) in [6.45, 7) is 1.72. The molecule has 0 aliphatic heterocycles. The van der Waals surface area contributed by atoms with E-state index in [0.717, 1.165) is 11.6 Å². The van der Waals surface area contributed by atoms with Crippen LogP contribution in [0.1, 0.15) is 24.2 Å². The summed E-state index contributed by atoms with van der Waals surface area (Å²) < 4.78 is 39.0. The first-order valence-electron chi connectivity index (χ1n) is 5.92. The Labute approximate surface area is 119 Å². The van der Waals surface area contributed by atoms with Crippen molar-refractivity contribution in [2.24, 2.45) is 5.73 Å². The van der Waals surface area contributed by atoms with Crippen molar-refractivity contribution in [2.45, 2.75) is 25.2 Å². The Balaban J connectivity index is 2.39. The van der Waals surface area contributed by atoms with E-state index in [-0.39, 0.29) is 0 Å². The van der Waals surface area contributed by atoms with Crippen molar-refractivity contribution in [1.82, 2.24) is 9.78 Å². The molecule has 2 N–H and O–H groups in total. The van der Waals surface area contributed by atoms with Gasteiger partial charge in [-0.25, -0.2) is 0 Å². The summed E-state index contributed by atoms with van der Waals surface area (Å²) in [5, 5.41) is 4.13. The molecule has 2 atom stereocenters. The van der Waals surface area contributed by atoms with Crippen LogP contribution < -0.4 is 5.73 Å². The SMILES string of the molecule is CC(N)C(c1ccc(Cl)cc1)n1ccc(C(F)(F)F)n1. The molecule has 3 nitrogen and oxygen atoms in total. The molecule has 0 fully saturated rings. The molecular formula is C13H13ClF3N3. The molecule has 0 spiro atoms. The topological polar surface area (TPSA) is 43.8 Å². The molecule has 0 saturated heterocycles. The fraction of sp³-hybridized carbons (Fsp3) is 0.308. The van der Waals surface area contributed by atoms with E-state index in [0.29, 0.717) is 5.02 Å². The van der Waals surface area contributed by atoms with Gasteiger partial charge in [0.15, 0.2) is 5.69 Å². The molecule has 0 bridgehead atoms. The van der Waals surface area contributed by atoms with Gasteiger partial charge in [-0.2, -0.15) is 18.3 Å². The summed E-state index contributed by atoms with van der Waals surface area (Å²) in [4.78, 5) is 0. The number of rotatable bonds is 3. The van der Waals surface area contributed by atoms with Gasteiger partial charge in [0.25, 0.3) is 0 Å². The molecule has 2 aromatic rings. The van der Waals surface area contributed by atoms with Crippen molar-refractivity contribution >= 4 is 11.6 Å². The lowest BCUT2D eigenvalue weighted by atomic mass is 10.0. The molecule has 1 aromatic carbocycles. The van der Waals surface area contributed by atoms with Crippen molar-refractivity contribution in [3.63, 3.8) is 0 Å². The maximum atomic E-state index is 12.6. The van der Waals surface area contributed by atoms with Gasteiger partial charge in [0, 0.05) is 17.3 Å². The number of halogens is 4. The van der Waals surface area contributed by atoms with Gasteiger partial charge in [-0.05, 0) is 30.7 Å². The molecule has 7 heteroatoms. The van der Waals surface area contributed by atoms with Gasteiger partial charge in [-0.3, -0.25) is 4.68 Å². The molecule has 0 radical (unpaired) electrons. The van der Waals surface area contributed by atoms with Crippen molar-refractivity contribution < 1.29 is 13.2 Å². The number of alkyl halides is 3. The van der Waals surface area contributed by atoms with Crippen molar-refractivity contribution in [2.75, 3.05) is 0 Å². The maximum Gasteiger partial charge on any atom is 0.435 e. The summed E-state index contributed by atoms with van der Waals surface area (Å²) in [5.41, 5.74) is 5.70. The number of hydrogen-bond acceptors (Lipinski definition) is 2. The van der Waals surface area contributed by atoms with Gasteiger partial charge in [0.2, 0.25) is 0 Å². The van der Waals surface area contributed by atoms with Crippen LogP contribution >= 0.6 is 11.6 Å². The largest absolute Gasteiger partial charge is 0.435 e. The smallest absolute Gasteiger partial charge is 0.326 e. The van der Waals surface area contributed by atoms with E-state index in [1.165, 1.54) is 10.9 Å². The average molecular weight is 304 g/mol. The highest BCUT2D eigenvalue weighted by molar-refractivity contribution is 6.30. The van der Waals surface area contributed by atoms with E-state index < -0.39 is 24.0 Å². The predicted octanol–water partition coefficient (Wildman–Crippen LogP) is 3.49. The Morgan fingerprint density at radius 2 is 1.80 bits per heavy atom. The average Bonchev–Trinajstić information content (AvgIpc) is 2.80. The Morgan fingerprint density at radius 3 is 2.25 bits per heavy atom. The summed E-state index contributed by atoms with van der Waals surface area (Å²) in [7, 11) is 0. The minimum atomic E-state index is -4.46. The third-order valence-corrected chi connectivity index (χ3v) is 3.15. The second kappa shape index (κ2) is 5.46. The molecule has 0 aliphatic rings. The minimum Gasteiger partial charge on any atom is -0.326 e. The molecule has 1 aromatic heterocycles. The van der Waals surface area contributed by atoms with E-state index in [9.17, 15) is 13.2 Å². The van der Waals surface area contributed by atoms with Crippen molar-refractivity contribution in [3.8, 4) is 0 Å². The zero-order valence-electron chi connectivity index (χ0n) is 10.6. The van der Waals surface area contributed by atoms with Crippen LogP contribution in [0.15, 0.2) is 36.5 Å². The quantitative estimate of drug-likeness (QED) is 0.943. The fourth-order valence-electron chi connectivity index (χ4n) is 2.00. The number of aromatic nitrogens is 2.